The van der Waals surface area contributed by atoms with Crippen LogP contribution in [0.15, 0.2) is 35.7 Å². The Balaban J connectivity index is 1.86. The van der Waals surface area contributed by atoms with Crippen LogP contribution in [0.2, 0.25) is 0 Å². The number of halogens is 1. The van der Waals surface area contributed by atoms with Gasteiger partial charge in [-0.15, -0.1) is 34.3 Å². The normalized spacial score (nSPS) is 13.0. The smallest absolute Gasteiger partial charge is 0.0719 e. The lowest BCUT2D eigenvalue weighted by Gasteiger charge is -2.11. The maximum Gasteiger partial charge on any atom is 0.0719 e. The van der Waals surface area contributed by atoms with E-state index in [9.17, 15) is 0 Å². The summed E-state index contributed by atoms with van der Waals surface area (Å²) in [6.07, 6.45) is 0.906. The maximum atomic E-state index is 6.61. The molecule has 3 aromatic rings. The van der Waals surface area contributed by atoms with Crippen LogP contribution in [0.4, 0.5) is 0 Å². The van der Waals surface area contributed by atoms with Crippen molar-refractivity contribution < 1.29 is 0 Å². The fourth-order valence-corrected chi connectivity index (χ4v) is 4.71. The molecular weight excluding hydrogens is 292 g/mol. The van der Waals surface area contributed by atoms with Crippen LogP contribution in [0.25, 0.3) is 9.40 Å². The minimum atomic E-state index is 0.0742. The highest BCUT2D eigenvalue weighted by Crippen LogP contribution is 2.37. The molecule has 0 nitrogen and oxygen atoms in total. The lowest BCUT2D eigenvalue weighted by atomic mass is 10.0. The van der Waals surface area contributed by atoms with Gasteiger partial charge in [0.25, 0.3) is 0 Å². The van der Waals surface area contributed by atoms with E-state index in [1.165, 1.54) is 31.0 Å². The first-order valence-corrected chi connectivity index (χ1v) is 8.44. The van der Waals surface area contributed by atoms with E-state index in [1.54, 1.807) is 11.3 Å². The fourth-order valence-electron chi connectivity index (χ4n) is 2.25. The first-order valence-electron chi connectivity index (χ1n) is 6.30. The Morgan fingerprint density at radius 2 is 1.95 bits per heavy atom. The second-order valence-electron chi connectivity index (χ2n) is 4.90. The fraction of sp³-hybridized carbons (Fsp3) is 0.250. The monoisotopic (exact) mass is 306 g/mol. The van der Waals surface area contributed by atoms with Crippen LogP contribution in [0.3, 0.4) is 0 Å². The lowest BCUT2D eigenvalue weighted by molar-refractivity contribution is 0.928. The second-order valence-corrected chi connectivity index (χ2v) is 7.49. The summed E-state index contributed by atoms with van der Waals surface area (Å²) in [4.78, 5) is 1.28. The Morgan fingerprint density at radius 1 is 1.11 bits per heavy atom. The Labute approximate surface area is 126 Å². The lowest BCUT2D eigenvalue weighted by Crippen LogP contribution is -1.96. The van der Waals surface area contributed by atoms with Crippen molar-refractivity contribution in [3.8, 4) is 0 Å². The Hall–Kier alpha value is -0.830. The average Bonchev–Trinajstić information content (AvgIpc) is 2.94. The molecule has 0 aliphatic heterocycles. The van der Waals surface area contributed by atoms with Crippen molar-refractivity contribution >= 4 is 43.7 Å². The van der Waals surface area contributed by atoms with Crippen LogP contribution in [-0.2, 0) is 6.42 Å². The zero-order chi connectivity index (χ0) is 13.4. The summed E-state index contributed by atoms with van der Waals surface area (Å²) in [6, 6.07) is 11.0. The number of thiophene rings is 2. The van der Waals surface area contributed by atoms with Gasteiger partial charge in [0.05, 0.1) is 5.38 Å². The van der Waals surface area contributed by atoms with Crippen LogP contribution < -0.4 is 0 Å². The van der Waals surface area contributed by atoms with Crippen molar-refractivity contribution in [2.24, 2.45) is 0 Å². The van der Waals surface area contributed by atoms with Crippen molar-refractivity contribution in [2.45, 2.75) is 25.6 Å². The number of aryl methyl sites for hydroxylation is 2. The molecule has 98 valence electrons. The number of rotatable bonds is 3. The first-order chi connectivity index (χ1) is 9.13. The van der Waals surface area contributed by atoms with Crippen molar-refractivity contribution in [2.75, 3.05) is 0 Å². The summed E-state index contributed by atoms with van der Waals surface area (Å²) in [5.74, 6) is 0. The Kier molecular flexibility index (Phi) is 3.66. The van der Waals surface area contributed by atoms with Gasteiger partial charge in [-0.2, -0.15) is 0 Å². The zero-order valence-corrected chi connectivity index (χ0v) is 13.3. The molecule has 0 aliphatic carbocycles. The molecule has 3 heteroatoms. The van der Waals surface area contributed by atoms with E-state index in [0.717, 1.165) is 6.42 Å². The molecular formula is C16H15ClS2. The minimum Gasteiger partial charge on any atom is -0.143 e. The SMILES string of the molecule is Cc1ccc(C)c(CC(Cl)c2cc3sccc3s2)c1. The summed E-state index contributed by atoms with van der Waals surface area (Å²) in [7, 11) is 0. The number of hydrogen-bond donors (Lipinski definition) is 0. The molecule has 0 saturated heterocycles. The first kappa shape index (κ1) is 13.2. The molecule has 1 aromatic carbocycles. The summed E-state index contributed by atoms with van der Waals surface area (Å²) >= 11 is 10.2. The van der Waals surface area contributed by atoms with E-state index in [4.69, 9.17) is 11.6 Å². The molecule has 1 atom stereocenters. The van der Waals surface area contributed by atoms with E-state index in [2.05, 4.69) is 49.6 Å². The Bertz CT molecular complexity index is 680. The average molecular weight is 307 g/mol. The van der Waals surface area contributed by atoms with Gasteiger partial charge in [-0.1, -0.05) is 23.8 Å². The number of fused-ring (bicyclic) bond motifs is 1. The van der Waals surface area contributed by atoms with E-state index in [-0.39, 0.29) is 5.38 Å². The topological polar surface area (TPSA) is 0 Å². The standard InChI is InChI=1S/C16H15ClS2/c1-10-3-4-11(2)12(7-10)8-13(17)15-9-16-14(19-15)5-6-18-16/h3-7,9,13H,8H2,1-2H3. The van der Waals surface area contributed by atoms with Gasteiger partial charge >= 0.3 is 0 Å². The van der Waals surface area contributed by atoms with E-state index in [1.807, 2.05) is 11.3 Å². The van der Waals surface area contributed by atoms with Gasteiger partial charge in [-0.25, -0.2) is 0 Å². The van der Waals surface area contributed by atoms with Gasteiger partial charge in [0.15, 0.2) is 0 Å². The predicted molar refractivity (Wildman–Crippen MR) is 87.9 cm³/mol. The molecule has 2 aromatic heterocycles. The molecule has 19 heavy (non-hydrogen) atoms. The van der Waals surface area contributed by atoms with Crippen LogP contribution in [-0.4, -0.2) is 0 Å². The molecule has 0 radical (unpaired) electrons. The third-order valence-corrected chi connectivity index (χ3v) is 6.10. The summed E-state index contributed by atoms with van der Waals surface area (Å²) in [6.45, 7) is 4.29. The van der Waals surface area contributed by atoms with Crippen molar-refractivity contribution in [3.05, 3.63) is 57.3 Å². The van der Waals surface area contributed by atoms with E-state index < -0.39 is 0 Å². The summed E-state index contributed by atoms with van der Waals surface area (Å²) in [5, 5.41) is 2.21. The van der Waals surface area contributed by atoms with Crippen LogP contribution >= 0.6 is 34.3 Å². The van der Waals surface area contributed by atoms with E-state index in [0.29, 0.717) is 0 Å². The summed E-state index contributed by atoms with van der Waals surface area (Å²) < 4.78 is 2.71. The van der Waals surface area contributed by atoms with Crippen LogP contribution in [0.1, 0.15) is 26.9 Å². The summed E-state index contributed by atoms with van der Waals surface area (Å²) in [5.41, 5.74) is 3.99. The maximum absolute atomic E-state index is 6.61. The van der Waals surface area contributed by atoms with Gasteiger partial charge in [0.2, 0.25) is 0 Å². The van der Waals surface area contributed by atoms with Gasteiger partial charge in [0, 0.05) is 14.3 Å². The highest BCUT2D eigenvalue weighted by molar-refractivity contribution is 7.27. The van der Waals surface area contributed by atoms with Crippen LogP contribution in [0.5, 0.6) is 0 Å². The largest absolute Gasteiger partial charge is 0.143 e. The molecule has 0 amide bonds. The molecule has 0 saturated carbocycles. The number of benzene rings is 1. The molecule has 0 fully saturated rings. The third kappa shape index (κ3) is 2.71. The predicted octanol–water partition coefficient (Wildman–Crippen LogP) is 6.10. The van der Waals surface area contributed by atoms with E-state index >= 15 is 0 Å². The van der Waals surface area contributed by atoms with Gasteiger partial charge in [-0.05, 0) is 48.9 Å². The van der Waals surface area contributed by atoms with Crippen molar-refractivity contribution in [1.82, 2.24) is 0 Å². The van der Waals surface area contributed by atoms with Gasteiger partial charge in [-0.3, -0.25) is 0 Å². The zero-order valence-electron chi connectivity index (χ0n) is 10.9. The molecule has 2 heterocycles. The molecule has 3 rings (SSSR count). The van der Waals surface area contributed by atoms with Crippen molar-refractivity contribution in [1.29, 1.82) is 0 Å². The Morgan fingerprint density at radius 3 is 2.74 bits per heavy atom. The molecule has 0 N–H and O–H groups in total. The molecule has 0 bridgehead atoms. The third-order valence-electron chi connectivity index (χ3n) is 3.37. The number of hydrogen-bond acceptors (Lipinski definition) is 2. The quantitative estimate of drug-likeness (QED) is 0.513. The van der Waals surface area contributed by atoms with Gasteiger partial charge < -0.3 is 0 Å². The highest BCUT2D eigenvalue weighted by Gasteiger charge is 2.14. The van der Waals surface area contributed by atoms with Gasteiger partial charge in [0.1, 0.15) is 0 Å². The highest BCUT2D eigenvalue weighted by atomic mass is 35.5. The molecule has 0 aliphatic rings. The molecule has 0 spiro atoms. The minimum absolute atomic E-state index is 0.0742. The van der Waals surface area contributed by atoms with Crippen molar-refractivity contribution in [3.63, 3.8) is 0 Å². The number of alkyl halides is 1. The second kappa shape index (κ2) is 5.28. The molecule has 1 unspecified atom stereocenters. The van der Waals surface area contributed by atoms with Crippen LogP contribution in [0, 0.1) is 13.8 Å².